The maximum absolute atomic E-state index is 13.7. The van der Waals surface area contributed by atoms with Crippen LogP contribution < -0.4 is 4.90 Å². The van der Waals surface area contributed by atoms with E-state index in [-0.39, 0.29) is 5.82 Å². The molecule has 0 aliphatic carbocycles. The molecule has 0 saturated carbocycles. The van der Waals surface area contributed by atoms with Crippen molar-refractivity contribution in [3.8, 4) is 0 Å². The van der Waals surface area contributed by atoms with Gasteiger partial charge in [-0.25, -0.2) is 13.8 Å². The Kier molecular flexibility index (Phi) is 3.15. The highest BCUT2D eigenvalue weighted by atomic mass is 19.1. The number of hydrogen-bond donors (Lipinski definition) is 0. The van der Waals surface area contributed by atoms with Crippen LogP contribution in [0.5, 0.6) is 0 Å². The molecule has 4 heteroatoms. The first-order valence-corrected chi connectivity index (χ1v) is 6.37. The molecular formula is C15H14F2N2. The molecule has 0 N–H and O–H groups in total. The summed E-state index contributed by atoms with van der Waals surface area (Å²) in [4.78, 5) is 6.37. The zero-order valence-corrected chi connectivity index (χ0v) is 10.4. The van der Waals surface area contributed by atoms with Crippen molar-refractivity contribution in [2.75, 3.05) is 11.4 Å². The van der Waals surface area contributed by atoms with Crippen LogP contribution in [0.4, 0.5) is 14.6 Å². The van der Waals surface area contributed by atoms with Gasteiger partial charge in [-0.2, -0.15) is 0 Å². The lowest BCUT2D eigenvalue weighted by Crippen LogP contribution is -2.30. The van der Waals surface area contributed by atoms with E-state index < -0.39 is 5.82 Å². The summed E-state index contributed by atoms with van der Waals surface area (Å²) in [5.41, 5.74) is 1.55. The summed E-state index contributed by atoms with van der Waals surface area (Å²) in [7, 11) is 0. The van der Waals surface area contributed by atoms with Crippen molar-refractivity contribution in [3.05, 3.63) is 59.3 Å². The molecule has 2 aromatic rings. The molecule has 1 aliphatic heterocycles. The average molecular weight is 260 g/mol. The smallest absolute Gasteiger partial charge is 0.132 e. The Hall–Kier alpha value is -1.97. The standard InChI is InChI=1S/C15H14F2N2/c16-13-5-6-14(17)12(9-13)10-19-8-2-4-11-3-1-7-18-15(11)19/h1,3,5-7,9H,2,4,8,10H2. The second kappa shape index (κ2) is 4.96. The Balaban J connectivity index is 1.90. The third-order valence-corrected chi connectivity index (χ3v) is 3.41. The molecule has 0 amide bonds. The van der Waals surface area contributed by atoms with E-state index in [2.05, 4.69) is 4.98 Å². The number of fused-ring (bicyclic) bond motifs is 1. The Morgan fingerprint density at radius 2 is 2.11 bits per heavy atom. The lowest BCUT2D eigenvalue weighted by Gasteiger charge is -2.30. The van der Waals surface area contributed by atoms with Gasteiger partial charge in [0.25, 0.3) is 0 Å². The molecular weight excluding hydrogens is 246 g/mol. The highest BCUT2D eigenvalue weighted by molar-refractivity contribution is 5.49. The predicted octanol–water partition coefficient (Wildman–Crippen LogP) is 3.31. The lowest BCUT2D eigenvalue weighted by molar-refractivity contribution is 0.575. The minimum atomic E-state index is -0.408. The Labute approximate surface area is 110 Å². The zero-order valence-electron chi connectivity index (χ0n) is 10.4. The molecule has 0 saturated heterocycles. The molecule has 19 heavy (non-hydrogen) atoms. The van der Waals surface area contributed by atoms with Crippen LogP contribution in [-0.4, -0.2) is 11.5 Å². The Morgan fingerprint density at radius 1 is 1.21 bits per heavy atom. The van der Waals surface area contributed by atoms with Crippen LogP contribution >= 0.6 is 0 Å². The highest BCUT2D eigenvalue weighted by Crippen LogP contribution is 2.26. The average Bonchev–Trinajstić information content (AvgIpc) is 2.43. The minimum absolute atomic E-state index is 0.355. The minimum Gasteiger partial charge on any atom is -0.352 e. The largest absolute Gasteiger partial charge is 0.352 e. The highest BCUT2D eigenvalue weighted by Gasteiger charge is 2.19. The van der Waals surface area contributed by atoms with Gasteiger partial charge in [-0.1, -0.05) is 6.07 Å². The number of anilines is 1. The number of rotatable bonds is 2. The maximum Gasteiger partial charge on any atom is 0.132 e. The first-order valence-electron chi connectivity index (χ1n) is 6.37. The maximum atomic E-state index is 13.7. The number of benzene rings is 1. The molecule has 1 aromatic carbocycles. The number of halogens is 2. The first-order chi connectivity index (χ1) is 9.24. The third kappa shape index (κ3) is 2.43. The normalized spacial score (nSPS) is 14.3. The van der Waals surface area contributed by atoms with Gasteiger partial charge in [0.2, 0.25) is 0 Å². The summed E-state index contributed by atoms with van der Waals surface area (Å²) in [6, 6.07) is 7.52. The van der Waals surface area contributed by atoms with E-state index in [0.717, 1.165) is 31.3 Å². The van der Waals surface area contributed by atoms with Crippen LogP contribution in [0.25, 0.3) is 0 Å². The van der Waals surface area contributed by atoms with Crippen LogP contribution in [0.3, 0.4) is 0 Å². The molecule has 3 rings (SSSR count). The van der Waals surface area contributed by atoms with Crippen LogP contribution in [0.15, 0.2) is 36.5 Å². The second-order valence-electron chi connectivity index (χ2n) is 4.75. The van der Waals surface area contributed by atoms with E-state index in [9.17, 15) is 8.78 Å². The molecule has 2 heterocycles. The van der Waals surface area contributed by atoms with Gasteiger partial charge in [0.15, 0.2) is 0 Å². The fourth-order valence-electron chi connectivity index (χ4n) is 2.50. The molecule has 0 fully saturated rings. The van der Waals surface area contributed by atoms with E-state index in [1.54, 1.807) is 6.20 Å². The summed E-state index contributed by atoms with van der Waals surface area (Å²) in [6.45, 7) is 1.17. The third-order valence-electron chi connectivity index (χ3n) is 3.41. The van der Waals surface area contributed by atoms with E-state index in [1.165, 1.54) is 17.7 Å². The topological polar surface area (TPSA) is 16.1 Å². The van der Waals surface area contributed by atoms with E-state index in [1.807, 2.05) is 17.0 Å². The van der Waals surface area contributed by atoms with Gasteiger partial charge >= 0.3 is 0 Å². The summed E-state index contributed by atoms with van der Waals surface area (Å²) in [6.07, 6.45) is 3.74. The molecule has 0 bridgehead atoms. The van der Waals surface area contributed by atoms with Crippen LogP contribution in [0.2, 0.25) is 0 Å². The molecule has 2 nitrogen and oxygen atoms in total. The predicted molar refractivity (Wildman–Crippen MR) is 70.0 cm³/mol. The van der Waals surface area contributed by atoms with Gasteiger partial charge < -0.3 is 4.90 Å². The van der Waals surface area contributed by atoms with Gasteiger partial charge in [-0.05, 0) is 42.7 Å². The monoisotopic (exact) mass is 260 g/mol. The fourth-order valence-corrected chi connectivity index (χ4v) is 2.50. The van der Waals surface area contributed by atoms with Gasteiger partial charge in [-0.3, -0.25) is 0 Å². The fraction of sp³-hybridized carbons (Fsp3) is 0.267. The van der Waals surface area contributed by atoms with Crippen molar-refractivity contribution < 1.29 is 8.78 Å². The lowest BCUT2D eigenvalue weighted by atomic mass is 10.0. The molecule has 1 aromatic heterocycles. The molecule has 0 spiro atoms. The van der Waals surface area contributed by atoms with Crippen molar-refractivity contribution in [1.29, 1.82) is 0 Å². The van der Waals surface area contributed by atoms with Crippen LogP contribution in [0.1, 0.15) is 17.5 Å². The summed E-state index contributed by atoms with van der Waals surface area (Å²) < 4.78 is 26.9. The molecule has 0 atom stereocenters. The Bertz CT molecular complexity index is 598. The quantitative estimate of drug-likeness (QED) is 0.823. The second-order valence-corrected chi connectivity index (χ2v) is 4.75. The Morgan fingerprint density at radius 3 is 3.00 bits per heavy atom. The summed E-state index contributed by atoms with van der Waals surface area (Å²) in [5.74, 6) is 0.108. The van der Waals surface area contributed by atoms with Crippen molar-refractivity contribution in [2.24, 2.45) is 0 Å². The van der Waals surface area contributed by atoms with E-state index in [4.69, 9.17) is 0 Å². The first kappa shape index (κ1) is 12.1. The molecule has 98 valence electrons. The molecule has 0 radical (unpaired) electrons. The van der Waals surface area contributed by atoms with E-state index in [0.29, 0.717) is 12.1 Å². The van der Waals surface area contributed by atoms with Gasteiger partial charge in [-0.15, -0.1) is 0 Å². The number of aromatic nitrogens is 1. The van der Waals surface area contributed by atoms with Crippen molar-refractivity contribution >= 4 is 5.82 Å². The molecule has 1 aliphatic rings. The van der Waals surface area contributed by atoms with Gasteiger partial charge in [0, 0.05) is 24.8 Å². The number of aryl methyl sites for hydroxylation is 1. The number of hydrogen-bond acceptors (Lipinski definition) is 2. The van der Waals surface area contributed by atoms with E-state index >= 15 is 0 Å². The SMILES string of the molecule is Fc1ccc(F)c(CN2CCCc3cccnc32)c1. The van der Waals surface area contributed by atoms with Gasteiger partial charge in [0.05, 0.1) is 0 Å². The number of nitrogens with zero attached hydrogens (tertiary/aromatic N) is 2. The van der Waals surface area contributed by atoms with Crippen molar-refractivity contribution in [3.63, 3.8) is 0 Å². The van der Waals surface area contributed by atoms with Crippen LogP contribution in [0, 0.1) is 11.6 Å². The summed E-state index contributed by atoms with van der Waals surface area (Å²) in [5, 5.41) is 0. The van der Waals surface area contributed by atoms with Gasteiger partial charge in [0.1, 0.15) is 17.5 Å². The zero-order chi connectivity index (χ0) is 13.2. The van der Waals surface area contributed by atoms with Crippen molar-refractivity contribution in [2.45, 2.75) is 19.4 Å². The van der Waals surface area contributed by atoms with Crippen LogP contribution in [-0.2, 0) is 13.0 Å². The number of pyridine rings is 1. The summed E-state index contributed by atoms with van der Waals surface area (Å²) >= 11 is 0. The van der Waals surface area contributed by atoms with Crippen molar-refractivity contribution in [1.82, 2.24) is 4.98 Å². The molecule has 0 unspecified atom stereocenters.